The molecule has 0 spiro atoms. The minimum absolute atomic E-state index is 0.126. The van der Waals surface area contributed by atoms with Gasteiger partial charge < -0.3 is 5.32 Å². The minimum atomic E-state index is -0.250. The Morgan fingerprint density at radius 1 is 1.11 bits per heavy atom. The number of carbonyl (C=O) groups is 1. The van der Waals surface area contributed by atoms with E-state index in [9.17, 15) is 4.79 Å². The first-order valence-corrected chi connectivity index (χ1v) is 10.3. The lowest BCUT2D eigenvalue weighted by Crippen LogP contribution is -2.15. The summed E-state index contributed by atoms with van der Waals surface area (Å²) in [6.07, 6.45) is 1.76. The van der Waals surface area contributed by atoms with E-state index in [1.165, 1.54) is 23.9 Å². The van der Waals surface area contributed by atoms with E-state index < -0.39 is 0 Å². The van der Waals surface area contributed by atoms with E-state index in [-0.39, 0.29) is 11.7 Å². The molecule has 28 heavy (non-hydrogen) atoms. The van der Waals surface area contributed by atoms with Crippen LogP contribution < -0.4 is 5.32 Å². The molecule has 1 heterocycles. The number of hydrogen-bond donors (Lipinski definition) is 1. The monoisotopic (exact) mass is 452 g/mol. The zero-order chi connectivity index (χ0) is 20.1. The van der Waals surface area contributed by atoms with Gasteiger partial charge in [-0.05, 0) is 12.1 Å². The molecule has 1 N–H and O–H groups in total. The summed E-state index contributed by atoms with van der Waals surface area (Å²) in [4.78, 5) is 12.3. The number of nitrogens with zero attached hydrogens (tertiary/aromatic N) is 3. The van der Waals surface area contributed by atoms with Gasteiger partial charge in [-0.25, -0.2) is 0 Å². The van der Waals surface area contributed by atoms with Crippen LogP contribution in [0.3, 0.4) is 0 Å². The van der Waals surface area contributed by atoms with Crippen molar-refractivity contribution < 1.29 is 4.79 Å². The van der Waals surface area contributed by atoms with Crippen LogP contribution in [0.15, 0.2) is 60.3 Å². The van der Waals surface area contributed by atoms with Gasteiger partial charge in [0.1, 0.15) is 0 Å². The van der Waals surface area contributed by atoms with Crippen molar-refractivity contribution in [2.24, 2.45) is 0 Å². The molecule has 0 atom stereocenters. The number of carbonyl (C=O) groups excluding carboxylic acids is 1. The molecule has 144 valence electrons. The maximum absolute atomic E-state index is 12.3. The summed E-state index contributed by atoms with van der Waals surface area (Å²) in [5.41, 5.74) is 1.34. The van der Waals surface area contributed by atoms with Crippen molar-refractivity contribution in [3.63, 3.8) is 0 Å². The summed E-state index contributed by atoms with van der Waals surface area (Å²) in [6.45, 7) is 4.31. The fourth-order valence-corrected chi connectivity index (χ4v) is 3.77. The van der Waals surface area contributed by atoms with E-state index in [0.717, 1.165) is 11.4 Å². The second-order valence-electron chi connectivity index (χ2n) is 5.65. The van der Waals surface area contributed by atoms with E-state index in [0.29, 0.717) is 32.5 Å². The van der Waals surface area contributed by atoms with Crippen molar-refractivity contribution in [2.45, 2.75) is 11.7 Å². The summed E-state index contributed by atoms with van der Waals surface area (Å²) in [5.74, 6) is 0.594. The lowest BCUT2D eigenvalue weighted by atomic mass is 10.2. The van der Waals surface area contributed by atoms with Crippen LogP contribution in [0.5, 0.6) is 0 Å². The van der Waals surface area contributed by atoms with Crippen molar-refractivity contribution in [3.05, 3.63) is 70.2 Å². The summed E-state index contributed by atoms with van der Waals surface area (Å²) in [6, 6.07) is 12.7. The molecule has 0 radical (unpaired) electrons. The van der Waals surface area contributed by atoms with Crippen molar-refractivity contribution in [2.75, 3.05) is 11.1 Å². The van der Waals surface area contributed by atoms with Crippen LogP contribution in [-0.2, 0) is 11.3 Å². The normalized spacial score (nSPS) is 10.7. The van der Waals surface area contributed by atoms with E-state index >= 15 is 0 Å². The van der Waals surface area contributed by atoms with Gasteiger partial charge in [0, 0.05) is 12.1 Å². The number of nitrogens with one attached hydrogen (secondary N) is 1. The first-order valence-electron chi connectivity index (χ1n) is 8.16. The van der Waals surface area contributed by atoms with Gasteiger partial charge in [0.05, 0.1) is 26.5 Å². The standard InChI is InChI=1S/C19H15Cl3N4OS/c1-2-8-26-18(12-6-4-3-5-7-12)24-25-19(26)28-11-17(27)23-16-10-14(21)13(20)9-15(16)22/h2-7,9-10H,1,8,11H2,(H,23,27). The van der Waals surface area contributed by atoms with Crippen LogP contribution in [0, 0.1) is 0 Å². The molecule has 0 saturated heterocycles. The third kappa shape index (κ3) is 4.89. The average Bonchev–Trinajstić information content (AvgIpc) is 3.08. The number of amides is 1. The highest BCUT2D eigenvalue weighted by molar-refractivity contribution is 7.99. The number of benzene rings is 2. The molecular formula is C19H15Cl3N4OS. The number of anilines is 1. The first kappa shape index (κ1) is 20.7. The maximum Gasteiger partial charge on any atom is 0.234 e. The number of allylic oxidation sites excluding steroid dienone is 1. The highest BCUT2D eigenvalue weighted by atomic mass is 35.5. The van der Waals surface area contributed by atoms with Gasteiger partial charge in [-0.1, -0.05) is 83.0 Å². The largest absolute Gasteiger partial charge is 0.324 e. The van der Waals surface area contributed by atoms with E-state index in [1.807, 2.05) is 34.9 Å². The molecule has 0 aliphatic rings. The van der Waals surface area contributed by atoms with Crippen LogP contribution >= 0.6 is 46.6 Å². The molecule has 0 unspecified atom stereocenters. The number of aromatic nitrogens is 3. The lowest BCUT2D eigenvalue weighted by Gasteiger charge is -2.09. The van der Waals surface area contributed by atoms with Gasteiger partial charge in [0.2, 0.25) is 5.91 Å². The molecule has 2 aromatic carbocycles. The molecule has 3 aromatic rings. The van der Waals surface area contributed by atoms with Crippen molar-refractivity contribution in [1.29, 1.82) is 0 Å². The predicted octanol–water partition coefficient (Wildman–Crippen LogP) is 5.82. The third-order valence-electron chi connectivity index (χ3n) is 3.68. The average molecular weight is 454 g/mol. The van der Waals surface area contributed by atoms with Crippen LogP contribution in [0.2, 0.25) is 15.1 Å². The quantitative estimate of drug-likeness (QED) is 0.278. The molecular weight excluding hydrogens is 439 g/mol. The van der Waals surface area contributed by atoms with Gasteiger partial charge in [-0.2, -0.15) is 0 Å². The SMILES string of the molecule is C=CCn1c(SCC(=O)Nc2cc(Cl)c(Cl)cc2Cl)nnc1-c1ccccc1. The van der Waals surface area contributed by atoms with Gasteiger partial charge >= 0.3 is 0 Å². The second-order valence-corrected chi connectivity index (χ2v) is 7.82. The Kier molecular flexibility index (Phi) is 7.02. The van der Waals surface area contributed by atoms with Gasteiger partial charge in [0.15, 0.2) is 11.0 Å². The van der Waals surface area contributed by atoms with E-state index in [1.54, 1.807) is 6.08 Å². The molecule has 3 rings (SSSR count). The van der Waals surface area contributed by atoms with Gasteiger partial charge in [-0.15, -0.1) is 16.8 Å². The Morgan fingerprint density at radius 2 is 1.82 bits per heavy atom. The van der Waals surface area contributed by atoms with Crippen molar-refractivity contribution >= 4 is 58.2 Å². The molecule has 0 saturated carbocycles. The molecule has 0 bridgehead atoms. The molecule has 0 aliphatic carbocycles. The molecule has 1 aromatic heterocycles. The zero-order valence-electron chi connectivity index (χ0n) is 14.5. The smallest absolute Gasteiger partial charge is 0.234 e. The van der Waals surface area contributed by atoms with E-state index in [4.69, 9.17) is 34.8 Å². The highest BCUT2D eigenvalue weighted by Crippen LogP contribution is 2.32. The van der Waals surface area contributed by atoms with Crippen LogP contribution in [0.1, 0.15) is 0 Å². The fraction of sp³-hybridized carbons (Fsp3) is 0.105. The second kappa shape index (κ2) is 9.47. The molecule has 5 nitrogen and oxygen atoms in total. The Morgan fingerprint density at radius 3 is 2.54 bits per heavy atom. The predicted molar refractivity (Wildman–Crippen MR) is 116 cm³/mol. The van der Waals surface area contributed by atoms with E-state index in [2.05, 4.69) is 22.1 Å². The number of halogens is 3. The molecule has 1 amide bonds. The van der Waals surface area contributed by atoms with Gasteiger partial charge in [0.25, 0.3) is 0 Å². The number of rotatable bonds is 7. The van der Waals surface area contributed by atoms with Crippen LogP contribution in [0.25, 0.3) is 11.4 Å². The zero-order valence-corrected chi connectivity index (χ0v) is 17.6. The number of hydrogen-bond acceptors (Lipinski definition) is 4. The maximum atomic E-state index is 12.3. The van der Waals surface area contributed by atoms with Gasteiger partial charge in [-0.3, -0.25) is 9.36 Å². The van der Waals surface area contributed by atoms with Crippen LogP contribution in [-0.4, -0.2) is 26.4 Å². The summed E-state index contributed by atoms with van der Waals surface area (Å²) in [5, 5.41) is 12.8. The van der Waals surface area contributed by atoms with Crippen LogP contribution in [0.4, 0.5) is 5.69 Å². The topological polar surface area (TPSA) is 59.8 Å². The Bertz CT molecular complexity index is 1010. The number of thioether (sulfide) groups is 1. The molecule has 0 fully saturated rings. The van der Waals surface area contributed by atoms with Crippen molar-refractivity contribution in [3.8, 4) is 11.4 Å². The molecule has 9 heteroatoms. The fourth-order valence-electron chi connectivity index (χ4n) is 2.42. The Hall–Kier alpha value is -1.99. The Labute approximate surface area is 181 Å². The highest BCUT2D eigenvalue weighted by Gasteiger charge is 2.15. The third-order valence-corrected chi connectivity index (χ3v) is 5.68. The Balaban J connectivity index is 1.72. The molecule has 0 aliphatic heterocycles. The summed E-state index contributed by atoms with van der Waals surface area (Å²) >= 11 is 19.3. The summed E-state index contributed by atoms with van der Waals surface area (Å²) in [7, 11) is 0. The lowest BCUT2D eigenvalue weighted by molar-refractivity contribution is -0.113. The van der Waals surface area contributed by atoms with Crippen molar-refractivity contribution in [1.82, 2.24) is 14.8 Å². The minimum Gasteiger partial charge on any atom is -0.324 e. The summed E-state index contributed by atoms with van der Waals surface area (Å²) < 4.78 is 1.91. The first-order chi connectivity index (χ1) is 13.5.